The Labute approximate surface area is 140 Å². The zero-order valence-corrected chi connectivity index (χ0v) is 13.5. The fourth-order valence-corrected chi connectivity index (χ4v) is 2.39. The first-order chi connectivity index (χ1) is 11.3. The molecule has 4 nitrogen and oxygen atoms in total. The first-order valence-electron chi connectivity index (χ1n) is 7.11. The van der Waals surface area contributed by atoms with Crippen molar-refractivity contribution in [1.82, 2.24) is 5.43 Å². The standard InChI is InChI=1S/C18H18N2O2S/c1-2-12-22-16-10-8-15(9-11-16)13-19-20-18(21)14-23-17-6-4-3-5-7-17/h2-11,13H,1,12,14H2,(H,20,21)/b19-13-. The number of ether oxygens (including phenoxy) is 1. The second-order valence-electron chi connectivity index (χ2n) is 4.56. The number of hydrazone groups is 1. The van der Waals surface area contributed by atoms with Crippen molar-refractivity contribution in [2.45, 2.75) is 4.90 Å². The van der Waals surface area contributed by atoms with Gasteiger partial charge in [-0.3, -0.25) is 4.79 Å². The largest absolute Gasteiger partial charge is 0.490 e. The van der Waals surface area contributed by atoms with E-state index < -0.39 is 0 Å². The molecule has 0 fully saturated rings. The van der Waals surface area contributed by atoms with Gasteiger partial charge in [-0.1, -0.05) is 30.9 Å². The van der Waals surface area contributed by atoms with E-state index >= 15 is 0 Å². The van der Waals surface area contributed by atoms with Crippen LogP contribution in [-0.2, 0) is 4.79 Å². The zero-order valence-electron chi connectivity index (χ0n) is 12.6. The van der Waals surface area contributed by atoms with Crippen LogP contribution in [0.15, 0.2) is 77.2 Å². The summed E-state index contributed by atoms with van der Waals surface area (Å²) in [6.45, 7) is 4.07. The Bertz CT molecular complexity index is 654. The minimum Gasteiger partial charge on any atom is -0.490 e. The summed E-state index contributed by atoms with van der Waals surface area (Å²) >= 11 is 1.47. The molecule has 0 aliphatic rings. The molecule has 0 unspecified atom stereocenters. The first-order valence-corrected chi connectivity index (χ1v) is 8.10. The van der Waals surface area contributed by atoms with Gasteiger partial charge in [-0.05, 0) is 42.0 Å². The lowest BCUT2D eigenvalue weighted by Crippen LogP contribution is -2.19. The van der Waals surface area contributed by atoms with E-state index in [1.165, 1.54) is 11.8 Å². The van der Waals surface area contributed by atoms with Gasteiger partial charge in [-0.2, -0.15) is 5.10 Å². The highest BCUT2D eigenvalue weighted by molar-refractivity contribution is 8.00. The number of amides is 1. The molecule has 0 radical (unpaired) electrons. The quantitative estimate of drug-likeness (QED) is 0.350. The van der Waals surface area contributed by atoms with Crippen LogP contribution in [0.25, 0.3) is 0 Å². The molecule has 1 amide bonds. The minimum absolute atomic E-state index is 0.138. The molecule has 23 heavy (non-hydrogen) atoms. The Morgan fingerprint density at radius 2 is 1.91 bits per heavy atom. The van der Waals surface area contributed by atoms with E-state index in [-0.39, 0.29) is 5.91 Å². The van der Waals surface area contributed by atoms with Crippen molar-refractivity contribution >= 4 is 23.9 Å². The molecule has 5 heteroatoms. The topological polar surface area (TPSA) is 50.7 Å². The third kappa shape index (κ3) is 6.40. The second-order valence-corrected chi connectivity index (χ2v) is 5.61. The monoisotopic (exact) mass is 326 g/mol. The lowest BCUT2D eigenvalue weighted by molar-refractivity contribution is -0.118. The number of hydrogen-bond donors (Lipinski definition) is 1. The van der Waals surface area contributed by atoms with Crippen LogP contribution >= 0.6 is 11.8 Å². The van der Waals surface area contributed by atoms with Crippen molar-refractivity contribution < 1.29 is 9.53 Å². The van der Waals surface area contributed by atoms with Gasteiger partial charge in [0.25, 0.3) is 0 Å². The molecule has 1 N–H and O–H groups in total. The highest BCUT2D eigenvalue weighted by atomic mass is 32.2. The molecule has 0 atom stereocenters. The number of nitrogens with one attached hydrogen (secondary N) is 1. The summed E-state index contributed by atoms with van der Waals surface area (Å²) in [6, 6.07) is 17.2. The molecular weight excluding hydrogens is 308 g/mol. The number of carbonyl (C=O) groups is 1. The van der Waals surface area contributed by atoms with Crippen molar-refractivity contribution in [2.75, 3.05) is 12.4 Å². The van der Waals surface area contributed by atoms with Gasteiger partial charge in [-0.15, -0.1) is 11.8 Å². The Balaban J connectivity index is 1.74. The minimum atomic E-state index is -0.138. The summed E-state index contributed by atoms with van der Waals surface area (Å²) in [4.78, 5) is 12.8. The van der Waals surface area contributed by atoms with Crippen molar-refractivity contribution in [2.24, 2.45) is 5.10 Å². The van der Waals surface area contributed by atoms with E-state index in [1.54, 1.807) is 12.3 Å². The van der Waals surface area contributed by atoms with E-state index in [9.17, 15) is 4.79 Å². The van der Waals surface area contributed by atoms with Crippen LogP contribution in [0.5, 0.6) is 5.75 Å². The van der Waals surface area contributed by atoms with Crippen molar-refractivity contribution in [1.29, 1.82) is 0 Å². The van der Waals surface area contributed by atoms with Crippen LogP contribution in [0.2, 0.25) is 0 Å². The molecule has 0 aliphatic carbocycles. The fraction of sp³-hybridized carbons (Fsp3) is 0.111. The summed E-state index contributed by atoms with van der Waals surface area (Å²) < 4.78 is 5.39. The number of rotatable bonds is 8. The molecule has 0 aliphatic heterocycles. The smallest absolute Gasteiger partial charge is 0.250 e. The lowest BCUT2D eigenvalue weighted by Gasteiger charge is -2.03. The van der Waals surface area contributed by atoms with Gasteiger partial charge in [0.15, 0.2) is 0 Å². The summed E-state index contributed by atoms with van der Waals surface area (Å²) in [7, 11) is 0. The van der Waals surface area contributed by atoms with Crippen LogP contribution in [0.4, 0.5) is 0 Å². The first kappa shape index (κ1) is 16.8. The molecule has 2 aromatic carbocycles. The third-order valence-electron chi connectivity index (χ3n) is 2.76. The lowest BCUT2D eigenvalue weighted by atomic mass is 10.2. The van der Waals surface area contributed by atoms with Crippen molar-refractivity contribution in [3.63, 3.8) is 0 Å². The van der Waals surface area contributed by atoms with Gasteiger partial charge < -0.3 is 4.74 Å². The van der Waals surface area contributed by atoms with Gasteiger partial charge in [-0.25, -0.2) is 5.43 Å². The van der Waals surface area contributed by atoms with Gasteiger partial charge in [0.2, 0.25) is 5.91 Å². The molecule has 0 aromatic heterocycles. The van der Waals surface area contributed by atoms with Crippen LogP contribution in [0, 0.1) is 0 Å². The number of carbonyl (C=O) groups excluding carboxylic acids is 1. The predicted octanol–water partition coefficient (Wildman–Crippen LogP) is 3.49. The van der Waals surface area contributed by atoms with Crippen LogP contribution < -0.4 is 10.2 Å². The molecule has 0 bridgehead atoms. The molecule has 2 aromatic rings. The molecule has 0 saturated carbocycles. The van der Waals surface area contributed by atoms with Gasteiger partial charge in [0, 0.05) is 4.90 Å². The van der Waals surface area contributed by atoms with E-state index in [1.807, 2.05) is 54.6 Å². The van der Waals surface area contributed by atoms with Gasteiger partial charge >= 0.3 is 0 Å². The normalized spacial score (nSPS) is 10.4. The zero-order chi connectivity index (χ0) is 16.3. The second kappa shape index (κ2) is 9.48. The molecule has 0 saturated heterocycles. The summed E-state index contributed by atoms with van der Waals surface area (Å²) in [5.41, 5.74) is 3.40. The number of thioether (sulfide) groups is 1. The van der Waals surface area contributed by atoms with Gasteiger partial charge in [0.1, 0.15) is 12.4 Å². The average Bonchev–Trinajstić information content (AvgIpc) is 2.60. The number of hydrogen-bond acceptors (Lipinski definition) is 4. The van der Waals surface area contributed by atoms with Crippen LogP contribution in [-0.4, -0.2) is 24.5 Å². The maximum absolute atomic E-state index is 11.7. The Kier molecular flexibility index (Phi) is 6.94. The van der Waals surface area contributed by atoms with E-state index in [0.717, 1.165) is 16.2 Å². The maximum atomic E-state index is 11.7. The summed E-state index contributed by atoms with van der Waals surface area (Å²) in [5.74, 6) is 0.960. The number of benzene rings is 2. The maximum Gasteiger partial charge on any atom is 0.250 e. The van der Waals surface area contributed by atoms with Crippen molar-refractivity contribution in [3.05, 3.63) is 72.8 Å². The Morgan fingerprint density at radius 3 is 2.61 bits per heavy atom. The Morgan fingerprint density at radius 1 is 1.17 bits per heavy atom. The summed E-state index contributed by atoms with van der Waals surface area (Å²) in [5, 5.41) is 3.95. The van der Waals surface area contributed by atoms with E-state index in [2.05, 4.69) is 17.1 Å². The third-order valence-corrected chi connectivity index (χ3v) is 3.78. The van der Waals surface area contributed by atoms with Gasteiger partial charge in [0.05, 0.1) is 12.0 Å². The van der Waals surface area contributed by atoms with Crippen LogP contribution in [0.1, 0.15) is 5.56 Å². The highest BCUT2D eigenvalue weighted by Gasteiger charge is 2.00. The number of nitrogens with zero attached hydrogens (tertiary/aromatic N) is 1. The highest BCUT2D eigenvalue weighted by Crippen LogP contribution is 2.16. The van der Waals surface area contributed by atoms with E-state index in [4.69, 9.17) is 4.74 Å². The molecule has 0 spiro atoms. The Hall–Kier alpha value is -2.53. The summed E-state index contributed by atoms with van der Waals surface area (Å²) in [6.07, 6.45) is 3.29. The predicted molar refractivity (Wildman–Crippen MR) is 95.0 cm³/mol. The average molecular weight is 326 g/mol. The van der Waals surface area contributed by atoms with Crippen molar-refractivity contribution in [3.8, 4) is 5.75 Å². The SMILES string of the molecule is C=CCOc1ccc(/C=N\NC(=O)CSc2ccccc2)cc1. The van der Waals surface area contributed by atoms with E-state index in [0.29, 0.717) is 12.4 Å². The fourth-order valence-electron chi connectivity index (χ4n) is 1.68. The molecule has 2 rings (SSSR count). The van der Waals surface area contributed by atoms with Crippen LogP contribution in [0.3, 0.4) is 0 Å². The molecule has 118 valence electrons. The molecular formula is C18H18N2O2S. The molecule has 0 heterocycles.